The molecule has 0 aromatic heterocycles. The number of para-hydroxylation sites is 1. The molecule has 0 aliphatic carbocycles. The van der Waals surface area contributed by atoms with Crippen LogP contribution in [0.5, 0.6) is 5.75 Å². The molecule has 2 aromatic carbocycles. The summed E-state index contributed by atoms with van der Waals surface area (Å²) < 4.78 is 30.1. The first-order valence-electron chi connectivity index (χ1n) is 7.18. The number of aryl methyl sites for hydroxylation is 1. The molecule has 7 nitrogen and oxygen atoms in total. The second-order valence-electron chi connectivity index (χ2n) is 5.18. The van der Waals surface area contributed by atoms with Gasteiger partial charge < -0.3 is 4.18 Å². The van der Waals surface area contributed by atoms with Gasteiger partial charge in [-0.1, -0.05) is 36.4 Å². The third-order valence-electron chi connectivity index (χ3n) is 3.33. The highest BCUT2D eigenvalue weighted by Gasteiger charge is 2.22. The summed E-state index contributed by atoms with van der Waals surface area (Å²) in [6.07, 6.45) is 0.991. The van der Waals surface area contributed by atoms with Gasteiger partial charge in [0.15, 0.2) is 0 Å². The van der Waals surface area contributed by atoms with E-state index < -0.39 is 26.5 Å². The summed E-state index contributed by atoms with van der Waals surface area (Å²) >= 11 is 0. The second kappa shape index (κ2) is 7.27. The molecule has 0 N–H and O–H groups in total. The van der Waals surface area contributed by atoms with Gasteiger partial charge in [0.25, 0.3) is 0 Å². The molecule has 0 atom stereocenters. The Kier molecular flexibility index (Phi) is 5.33. The van der Waals surface area contributed by atoms with Crippen molar-refractivity contribution in [3.8, 4) is 5.75 Å². The van der Waals surface area contributed by atoms with Crippen molar-refractivity contribution in [2.75, 3.05) is 0 Å². The fourth-order valence-electron chi connectivity index (χ4n) is 2.11. The minimum Gasteiger partial charge on any atom is -0.378 e. The lowest BCUT2D eigenvalue weighted by molar-refractivity contribution is -0.417. The molecule has 0 amide bonds. The van der Waals surface area contributed by atoms with E-state index in [1.54, 1.807) is 31.2 Å². The SMILES string of the molecule is CC(=O)C(=Cc1ccccc1OS(=O)(=O)c1ccccc1C)[N+](=O)[O-]. The Balaban J connectivity index is 2.49. The smallest absolute Gasteiger partial charge is 0.339 e. The number of ketones is 1. The van der Waals surface area contributed by atoms with Crippen LogP contribution < -0.4 is 4.18 Å². The topological polar surface area (TPSA) is 104 Å². The molecule has 0 saturated carbocycles. The Morgan fingerprint density at radius 1 is 1.12 bits per heavy atom. The van der Waals surface area contributed by atoms with Crippen molar-refractivity contribution < 1.29 is 22.3 Å². The number of hydrogen-bond donors (Lipinski definition) is 0. The third-order valence-corrected chi connectivity index (χ3v) is 4.73. The first-order chi connectivity index (χ1) is 11.7. The number of rotatable bonds is 6. The molecule has 0 fully saturated rings. The van der Waals surface area contributed by atoms with Crippen molar-refractivity contribution in [3.63, 3.8) is 0 Å². The van der Waals surface area contributed by atoms with Crippen LogP contribution in [0.1, 0.15) is 18.1 Å². The Morgan fingerprint density at radius 2 is 1.72 bits per heavy atom. The van der Waals surface area contributed by atoms with Crippen LogP contribution in [0.3, 0.4) is 0 Å². The maximum absolute atomic E-state index is 12.5. The fraction of sp³-hybridized carbons (Fsp3) is 0.118. The summed E-state index contributed by atoms with van der Waals surface area (Å²) in [6.45, 7) is 2.69. The Morgan fingerprint density at radius 3 is 2.32 bits per heavy atom. The van der Waals surface area contributed by atoms with Crippen molar-refractivity contribution in [2.45, 2.75) is 18.7 Å². The zero-order chi connectivity index (χ0) is 18.6. The van der Waals surface area contributed by atoms with E-state index in [4.69, 9.17) is 4.18 Å². The second-order valence-corrected chi connectivity index (χ2v) is 6.70. The summed E-state index contributed by atoms with van der Waals surface area (Å²) in [5, 5.41) is 11.0. The van der Waals surface area contributed by atoms with Crippen LogP contribution in [-0.2, 0) is 14.9 Å². The van der Waals surface area contributed by atoms with E-state index in [1.165, 1.54) is 24.3 Å². The van der Waals surface area contributed by atoms with Gasteiger partial charge in [0.05, 0.1) is 4.92 Å². The number of carbonyl (C=O) groups excluding carboxylic acids is 1. The molecule has 25 heavy (non-hydrogen) atoms. The lowest BCUT2D eigenvalue weighted by Crippen LogP contribution is -2.12. The van der Waals surface area contributed by atoms with Crippen LogP contribution in [-0.4, -0.2) is 19.1 Å². The van der Waals surface area contributed by atoms with Gasteiger partial charge in [-0.05, 0) is 24.6 Å². The number of nitro groups is 1. The average Bonchev–Trinajstić information content (AvgIpc) is 2.53. The summed E-state index contributed by atoms with van der Waals surface area (Å²) in [5.74, 6) is -0.854. The molecule has 8 heteroatoms. The lowest BCUT2D eigenvalue weighted by atomic mass is 10.1. The van der Waals surface area contributed by atoms with E-state index in [9.17, 15) is 23.3 Å². The maximum atomic E-state index is 12.5. The molecule has 0 saturated heterocycles. The van der Waals surface area contributed by atoms with E-state index in [-0.39, 0.29) is 16.2 Å². The molecule has 2 aromatic rings. The van der Waals surface area contributed by atoms with Gasteiger partial charge in [0.2, 0.25) is 5.78 Å². The zero-order valence-corrected chi connectivity index (χ0v) is 14.3. The van der Waals surface area contributed by atoms with Crippen molar-refractivity contribution in [1.29, 1.82) is 0 Å². The van der Waals surface area contributed by atoms with Gasteiger partial charge in [0.1, 0.15) is 10.6 Å². The van der Waals surface area contributed by atoms with E-state index in [0.29, 0.717) is 5.56 Å². The van der Waals surface area contributed by atoms with E-state index in [1.807, 2.05) is 0 Å². The maximum Gasteiger partial charge on any atom is 0.339 e. The van der Waals surface area contributed by atoms with Gasteiger partial charge in [0, 0.05) is 18.6 Å². The number of hydrogen-bond acceptors (Lipinski definition) is 6. The first-order valence-corrected chi connectivity index (χ1v) is 8.59. The monoisotopic (exact) mass is 361 g/mol. The number of carbonyl (C=O) groups is 1. The summed E-state index contributed by atoms with van der Waals surface area (Å²) in [5.41, 5.74) is -0.0452. The Bertz CT molecular complexity index is 947. The number of allylic oxidation sites excluding steroid dienone is 1. The standard InChI is InChI=1S/C17H15NO6S/c1-12-7-3-6-10-17(12)25(22,23)24-16-9-5-4-8-14(16)11-15(13(2)19)18(20)21/h3-11H,1-2H3. The largest absolute Gasteiger partial charge is 0.378 e. The van der Waals surface area contributed by atoms with Gasteiger partial charge in [-0.3, -0.25) is 14.9 Å². The van der Waals surface area contributed by atoms with Crippen LogP contribution in [0.25, 0.3) is 6.08 Å². The molecular formula is C17H15NO6S. The molecule has 0 aliphatic rings. The van der Waals surface area contributed by atoms with Crippen molar-refractivity contribution >= 4 is 22.0 Å². The minimum absolute atomic E-state index is 0.00477. The Hall–Kier alpha value is -3.00. The highest BCUT2D eigenvalue weighted by atomic mass is 32.2. The quantitative estimate of drug-likeness (QED) is 0.339. The molecular weight excluding hydrogens is 346 g/mol. The van der Waals surface area contributed by atoms with E-state index in [2.05, 4.69) is 0 Å². The summed E-state index contributed by atoms with van der Waals surface area (Å²) in [7, 11) is -4.13. The minimum atomic E-state index is -4.13. The summed E-state index contributed by atoms with van der Waals surface area (Å²) in [4.78, 5) is 21.5. The predicted molar refractivity (Wildman–Crippen MR) is 91.1 cm³/mol. The molecule has 2 rings (SSSR count). The van der Waals surface area contributed by atoms with Crippen LogP contribution in [0.2, 0.25) is 0 Å². The highest BCUT2D eigenvalue weighted by Crippen LogP contribution is 2.26. The van der Waals surface area contributed by atoms with Gasteiger partial charge in [-0.25, -0.2) is 0 Å². The number of Topliss-reactive ketones (excluding diaryl/α,β-unsaturated/α-hetero) is 1. The van der Waals surface area contributed by atoms with Crippen molar-refractivity contribution in [3.05, 3.63) is 75.5 Å². The molecule has 0 unspecified atom stereocenters. The fourth-order valence-corrected chi connectivity index (χ4v) is 3.29. The van der Waals surface area contributed by atoms with Crippen LogP contribution in [0.4, 0.5) is 0 Å². The molecule has 0 aliphatic heterocycles. The zero-order valence-electron chi connectivity index (χ0n) is 13.5. The van der Waals surface area contributed by atoms with Crippen LogP contribution >= 0.6 is 0 Å². The molecule has 0 spiro atoms. The van der Waals surface area contributed by atoms with Gasteiger partial charge >= 0.3 is 15.8 Å². The number of nitrogens with zero attached hydrogens (tertiary/aromatic N) is 1. The molecule has 130 valence electrons. The van der Waals surface area contributed by atoms with Crippen LogP contribution in [0.15, 0.2) is 59.1 Å². The summed E-state index contributed by atoms with van der Waals surface area (Å²) in [6, 6.07) is 12.2. The average molecular weight is 361 g/mol. The normalized spacial score (nSPS) is 11.8. The first kappa shape index (κ1) is 18.3. The van der Waals surface area contributed by atoms with Gasteiger partial charge in [-0.2, -0.15) is 8.42 Å². The van der Waals surface area contributed by atoms with Crippen LogP contribution in [0, 0.1) is 17.0 Å². The van der Waals surface area contributed by atoms with E-state index >= 15 is 0 Å². The Labute approximate surface area is 144 Å². The molecule has 0 radical (unpaired) electrons. The number of benzene rings is 2. The third kappa shape index (κ3) is 4.30. The van der Waals surface area contributed by atoms with E-state index in [0.717, 1.165) is 13.0 Å². The van der Waals surface area contributed by atoms with Crippen molar-refractivity contribution in [1.82, 2.24) is 0 Å². The van der Waals surface area contributed by atoms with Crippen molar-refractivity contribution in [2.24, 2.45) is 0 Å². The molecule has 0 bridgehead atoms. The highest BCUT2D eigenvalue weighted by molar-refractivity contribution is 7.87. The predicted octanol–water partition coefficient (Wildman–Crippen LogP) is 2.97. The molecule has 0 heterocycles. The van der Waals surface area contributed by atoms with Gasteiger partial charge in [-0.15, -0.1) is 0 Å². The lowest BCUT2D eigenvalue weighted by Gasteiger charge is -2.11.